The van der Waals surface area contributed by atoms with E-state index in [1.165, 1.54) is 109 Å². The maximum Gasteiger partial charge on any atom is 0.256 e. The van der Waals surface area contributed by atoms with Crippen molar-refractivity contribution >= 4 is 133 Å². The van der Waals surface area contributed by atoms with Crippen molar-refractivity contribution in [2.75, 3.05) is 0 Å². The molecule has 19 rings (SSSR count). The second-order valence-corrected chi connectivity index (χ2v) is 20.6. The van der Waals surface area contributed by atoms with Crippen LogP contribution in [0.4, 0.5) is 0 Å². The standard InChI is InChI=1S/C66H36B2N4O2/c1-3-15-37(16-4-1)69-49-25-9-7-19-43(49)59-51(69)33-31-41-39-21-11-23-45-63(39)71(65(41)59)53-27-13-29-55-61(53)67(45)47-35-48-58(36-57(47)73-55)74-56-30-14-28-54-62(56)68(48)46-24-12-22-40-42-32-34-52-60(66(42)72(54)64(40)46)44-20-8-10-26-50(44)70(52)38-17-5-2-6-18-38/h1-36H. The normalized spacial score (nSPS) is 13.6. The summed E-state index contributed by atoms with van der Waals surface area (Å²) in [7, 11) is 0. The Labute approximate surface area is 423 Å². The van der Waals surface area contributed by atoms with E-state index in [1.807, 2.05) is 0 Å². The Morgan fingerprint density at radius 2 is 0.689 bits per heavy atom. The first kappa shape index (κ1) is 38.1. The summed E-state index contributed by atoms with van der Waals surface area (Å²) in [6.07, 6.45) is 0. The lowest BCUT2D eigenvalue weighted by Crippen LogP contribution is -2.62. The molecule has 0 aliphatic carbocycles. The SMILES string of the molecule is c1ccc(-n2c3ccccc3c3c2ccc2c4cccc5c4n(c23)-c2cccc3c2B5c2cc4c(cc2O3)Oc2cccc3c2B4c2cccc4c5ccc6c(c7ccccc7n6-c6ccccc6)c5n-3c24)cc1. The predicted molar refractivity (Wildman–Crippen MR) is 306 cm³/mol. The highest BCUT2D eigenvalue weighted by atomic mass is 16.5. The summed E-state index contributed by atoms with van der Waals surface area (Å²) in [4.78, 5) is 0. The van der Waals surface area contributed by atoms with Gasteiger partial charge in [0.1, 0.15) is 23.0 Å². The van der Waals surface area contributed by atoms with Crippen LogP contribution < -0.4 is 42.3 Å². The van der Waals surface area contributed by atoms with Crippen LogP contribution in [-0.4, -0.2) is 31.7 Å². The molecule has 8 heteroatoms. The number of para-hydroxylation sites is 6. The van der Waals surface area contributed by atoms with Gasteiger partial charge in [-0.15, -0.1) is 0 Å². The van der Waals surface area contributed by atoms with Crippen LogP contribution in [0.5, 0.6) is 23.0 Å². The first-order chi connectivity index (χ1) is 36.8. The Bertz CT molecular complexity index is 4790. The van der Waals surface area contributed by atoms with Gasteiger partial charge in [-0.25, -0.2) is 0 Å². The van der Waals surface area contributed by atoms with Gasteiger partial charge in [0.25, 0.3) is 13.4 Å². The minimum atomic E-state index is -0.0744. The molecule has 15 aromatic rings. The van der Waals surface area contributed by atoms with Gasteiger partial charge in [-0.1, -0.05) is 140 Å². The zero-order valence-corrected chi connectivity index (χ0v) is 39.5. The van der Waals surface area contributed by atoms with E-state index in [9.17, 15) is 0 Å². The number of fused-ring (bicyclic) bond motifs is 22. The van der Waals surface area contributed by atoms with E-state index in [0.29, 0.717) is 0 Å². The van der Waals surface area contributed by atoms with Crippen molar-refractivity contribution in [3.63, 3.8) is 0 Å². The van der Waals surface area contributed by atoms with Gasteiger partial charge in [0.2, 0.25) is 0 Å². The van der Waals surface area contributed by atoms with Gasteiger partial charge >= 0.3 is 0 Å². The Morgan fingerprint density at radius 1 is 0.270 bits per heavy atom. The lowest BCUT2D eigenvalue weighted by Gasteiger charge is -2.36. The molecule has 0 atom stereocenters. The molecule has 0 bridgehead atoms. The summed E-state index contributed by atoms with van der Waals surface area (Å²) >= 11 is 0. The van der Waals surface area contributed by atoms with E-state index in [2.05, 4.69) is 237 Å². The first-order valence-corrected chi connectivity index (χ1v) is 25.7. The molecule has 4 aliphatic rings. The summed E-state index contributed by atoms with van der Waals surface area (Å²) in [5.41, 5.74) is 21.6. The molecule has 0 amide bonds. The highest BCUT2D eigenvalue weighted by Crippen LogP contribution is 2.47. The minimum absolute atomic E-state index is 0.0744. The van der Waals surface area contributed by atoms with Crippen molar-refractivity contribution in [2.24, 2.45) is 0 Å². The first-order valence-electron chi connectivity index (χ1n) is 25.7. The summed E-state index contributed by atoms with van der Waals surface area (Å²) in [6, 6.07) is 80.4. The topological polar surface area (TPSA) is 38.2 Å². The molecule has 0 radical (unpaired) electrons. The van der Waals surface area contributed by atoms with E-state index >= 15 is 0 Å². The van der Waals surface area contributed by atoms with Crippen molar-refractivity contribution in [3.8, 4) is 45.7 Å². The molecular formula is C66H36B2N4O2. The molecule has 11 aromatic carbocycles. The number of rotatable bonds is 2. The molecule has 4 aromatic heterocycles. The monoisotopic (exact) mass is 938 g/mol. The number of benzene rings is 11. The van der Waals surface area contributed by atoms with Gasteiger partial charge in [-0.3, -0.25) is 0 Å². The van der Waals surface area contributed by atoms with Crippen LogP contribution >= 0.6 is 0 Å². The lowest BCUT2D eigenvalue weighted by molar-refractivity contribution is 0.465. The fraction of sp³-hybridized carbons (Fsp3) is 0. The van der Waals surface area contributed by atoms with Crippen LogP contribution in [0.15, 0.2) is 218 Å². The molecule has 0 fully saturated rings. The van der Waals surface area contributed by atoms with Crippen LogP contribution in [0, 0.1) is 0 Å². The second kappa shape index (κ2) is 13.2. The van der Waals surface area contributed by atoms with Crippen molar-refractivity contribution in [1.82, 2.24) is 18.3 Å². The lowest BCUT2D eigenvalue weighted by atomic mass is 9.31. The predicted octanol–water partition coefficient (Wildman–Crippen LogP) is 11.9. The molecule has 6 nitrogen and oxygen atoms in total. The molecule has 0 saturated carbocycles. The molecule has 8 heterocycles. The molecule has 0 N–H and O–H groups in total. The number of ether oxygens (including phenoxy) is 2. The Morgan fingerprint density at radius 3 is 1.18 bits per heavy atom. The number of hydrogen-bond acceptors (Lipinski definition) is 2. The third kappa shape index (κ3) is 4.42. The number of hydrogen-bond donors (Lipinski definition) is 0. The Hall–Kier alpha value is -9.65. The van der Waals surface area contributed by atoms with Crippen LogP contribution in [0.25, 0.3) is 110 Å². The fourth-order valence-corrected chi connectivity index (χ4v) is 14.6. The van der Waals surface area contributed by atoms with Crippen LogP contribution in [0.3, 0.4) is 0 Å². The molecule has 0 unspecified atom stereocenters. The summed E-state index contributed by atoms with van der Waals surface area (Å²) < 4.78 is 24.3. The van der Waals surface area contributed by atoms with Gasteiger partial charge in [0.15, 0.2) is 0 Å². The highest BCUT2D eigenvalue weighted by molar-refractivity contribution is 7.02. The third-order valence-corrected chi connectivity index (χ3v) is 17.2. The molecule has 74 heavy (non-hydrogen) atoms. The average molecular weight is 939 g/mol. The van der Waals surface area contributed by atoms with E-state index in [-0.39, 0.29) is 13.4 Å². The van der Waals surface area contributed by atoms with Crippen molar-refractivity contribution in [1.29, 1.82) is 0 Å². The molecule has 4 aliphatic heterocycles. The Kier molecular flexibility index (Phi) is 6.82. The quantitative estimate of drug-likeness (QED) is 0.162. The number of aromatic nitrogens is 4. The molecule has 0 saturated heterocycles. The Balaban J connectivity index is 0.869. The van der Waals surface area contributed by atoms with Crippen molar-refractivity contribution in [2.45, 2.75) is 0 Å². The molecular weight excluding hydrogens is 902 g/mol. The maximum atomic E-state index is 7.16. The maximum absolute atomic E-state index is 7.16. The van der Waals surface area contributed by atoms with Crippen LogP contribution in [-0.2, 0) is 0 Å². The van der Waals surface area contributed by atoms with E-state index < -0.39 is 0 Å². The van der Waals surface area contributed by atoms with Crippen molar-refractivity contribution < 1.29 is 9.47 Å². The van der Waals surface area contributed by atoms with E-state index in [4.69, 9.17) is 9.47 Å². The van der Waals surface area contributed by atoms with Gasteiger partial charge < -0.3 is 27.7 Å². The summed E-state index contributed by atoms with van der Waals surface area (Å²) in [5.74, 6) is 3.45. The number of nitrogens with zero attached hydrogens (tertiary/aromatic N) is 4. The minimum Gasteiger partial charge on any atom is -0.458 e. The largest absolute Gasteiger partial charge is 0.458 e. The van der Waals surface area contributed by atoms with Gasteiger partial charge in [-0.2, -0.15) is 0 Å². The molecule has 338 valence electrons. The third-order valence-electron chi connectivity index (χ3n) is 17.2. The molecule has 0 spiro atoms. The van der Waals surface area contributed by atoms with Crippen molar-refractivity contribution in [3.05, 3.63) is 218 Å². The summed E-state index contributed by atoms with van der Waals surface area (Å²) in [6.45, 7) is -0.149. The van der Waals surface area contributed by atoms with Gasteiger partial charge in [0.05, 0.1) is 33.1 Å². The fourth-order valence-electron chi connectivity index (χ4n) is 14.6. The second-order valence-electron chi connectivity index (χ2n) is 20.6. The van der Waals surface area contributed by atoms with Crippen LogP contribution in [0.1, 0.15) is 0 Å². The van der Waals surface area contributed by atoms with Gasteiger partial charge in [-0.05, 0) is 106 Å². The zero-order chi connectivity index (χ0) is 47.7. The van der Waals surface area contributed by atoms with E-state index in [0.717, 1.165) is 56.7 Å². The highest BCUT2D eigenvalue weighted by Gasteiger charge is 2.45. The zero-order valence-electron chi connectivity index (χ0n) is 39.5. The van der Waals surface area contributed by atoms with Gasteiger partial charge in [0, 0.05) is 82.9 Å². The smallest absolute Gasteiger partial charge is 0.256 e. The van der Waals surface area contributed by atoms with E-state index in [1.54, 1.807) is 0 Å². The summed E-state index contributed by atoms with van der Waals surface area (Å²) in [5, 5.41) is 10.00. The van der Waals surface area contributed by atoms with Crippen LogP contribution in [0.2, 0.25) is 0 Å². The average Bonchev–Trinajstić information content (AvgIpc) is 4.19.